The predicted molar refractivity (Wildman–Crippen MR) is 101 cm³/mol. The number of likely N-dealkylation sites (tertiary alicyclic amines) is 1. The van der Waals surface area contributed by atoms with E-state index in [2.05, 4.69) is 44.7 Å². The van der Waals surface area contributed by atoms with E-state index in [1.54, 1.807) is 4.40 Å². The first kappa shape index (κ1) is 16.7. The van der Waals surface area contributed by atoms with Crippen LogP contribution in [0.25, 0.3) is 5.65 Å². The van der Waals surface area contributed by atoms with Crippen molar-refractivity contribution >= 4 is 17.5 Å². The molecule has 1 aliphatic heterocycles. The van der Waals surface area contributed by atoms with E-state index < -0.39 is 0 Å². The highest BCUT2D eigenvalue weighted by molar-refractivity contribution is 5.94. The Labute approximate surface area is 152 Å². The first-order valence-corrected chi connectivity index (χ1v) is 9.02. The van der Waals surface area contributed by atoms with Crippen molar-refractivity contribution in [3.63, 3.8) is 0 Å². The molecule has 0 radical (unpaired) electrons. The van der Waals surface area contributed by atoms with Crippen LogP contribution in [0.2, 0.25) is 0 Å². The van der Waals surface area contributed by atoms with Gasteiger partial charge in [0.15, 0.2) is 5.65 Å². The molecule has 3 aromatic rings. The Balaban J connectivity index is 1.39. The van der Waals surface area contributed by atoms with Gasteiger partial charge in [-0.25, -0.2) is 0 Å². The summed E-state index contributed by atoms with van der Waals surface area (Å²) in [6.45, 7) is 4.82. The molecule has 1 N–H and O–H groups in total. The van der Waals surface area contributed by atoms with Crippen LogP contribution in [0.5, 0.6) is 0 Å². The SMILES string of the molecule is CC1(C(=O)Nc2nnc3ccccn23)CCN(Cc2ccccc2)CC1. The highest BCUT2D eigenvalue weighted by Crippen LogP contribution is 2.32. The number of aromatic nitrogens is 3. The molecule has 3 heterocycles. The number of hydrogen-bond acceptors (Lipinski definition) is 4. The number of amides is 1. The molecule has 4 rings (SSSR count). The van der Waals surface area contributed by atoms with Crippen LogP contribution >= 0.6 is 0 Å². The van der Waals surface area contributed by atoms with Gasteiger partial charge in [0.2, 0.25) is 11.9 Å². The first-order chi connectivity index (χ1) is 12.6. The van der Waals surface area contributed by atoms with Gasteiger partial charge in [-0.05, 0) is 43.6 Å². The number of anilines is 1. The number of nitrogens with zero attached hydrogens (tertiary/aromatic N) is 4. The Morgan fingerprint density at radius 1 is 1.08 bits per heavy atom. The quantitative estimate of drug-likeness (QED) is 0.787. The van der Waals surface area contributed by atoms with Gasteiger partial charge in [-0.15, -0.1) is 10.2 Å². The van der Waals surface area contributed by atoms with Crippen LogP contribution in [0.4, 0.5) is 5.95 Å². The maximum Gasteiger partial charge on any atom is 0.235 e. The summed E-state index contributed by atoms with van der Waals surface area (Å²) in [6.07, 6.45) is 3.53. The summed E-state index contributed by atoms with van der Waals surface area (Å²) in [5, 5.41) is 11.2. The molecule has 1 fully saturated rings. The minimum atomic E-state index is -0.381. The molecular weight excluding hydrogens is 326 g/mol. The normalized spacial score (nSPS) is 17.3. The minimum absolute atomic E-state index is 0.0232. The van der Waals surface area contributed by atoms with E-state index in [1.165, 1.54) is 5.56 Å². The number of piperidine rings is 1. The third-order valence-corrected chi connectivity index (χ3v) is 5.30. The first-order valence-electron chi connectivity index (χ1n) is 9.02. The van der Waals surface area contributed by atoms with Crippen molar-refractivity contribution in [1.29, 1.82) is 0 Å². The van der Waals surface area contributed by atoms with Gasteiger partial charge in [0.05, 0.1) is 0 Å². The molecule has 0 unspecified atom stereocenters. The fourth-order valence-electron chi connectivity index (χ4n) is 3.45. The molecule has 1 amide bonds. The monoisotopic (exact) mass is 349 g/mol. The van der Waals surface area contributed by atoms with Crippen molar-refractivity contribution in [2.75, 3.05) is 18.4 Å². The molecule has 0 spiro atoms. The van der Waals surface area contributed by atoms with Crippen LogP contribution in [-0.4, -0.2) is 38.5 Å². The lowest BCUT2D eigenvalue weighted by Crippen LogP contribution is -2.44. The van der Waals surface area contributed by atoms with Crippen molar-refractivity contribution < 1.29 is 4.79 Å². The van der Waals surface area contributed by atoms with Crippen molar-refractivity contribution in [2.45, 2.75) is 26.3 Å². The summed E-state index contributed by atoms with van der Waals surface area (Å²) in [5.41, 5.74) is 1.66. The fourth-order valence-corrected chi connectivity index (χ4v) is 3.45. The standard InChI is InChI=1S/C20H23N5O/c1-20(10-13-24(14-11-20)15-16-7-3-2-4-8-16)18(26)21-19-23-22-17-9-5-6-12-25(17)19/h2-9,12H,10-11,13-15H2,1H3,(H,21,23,26). The number of carbonyl (C=O) groups excluding carboxylic acids is 1. The number of benzene rings is 1. The van der Waals surface area contributed by atoms with Gasteiger partial charge in [0.1, 0.15) is 0 Å². The summed E-state index contributed by atoms with van der Waals surface area (Å²) >= 11 is 0. The molecule has 6 heteroatoms. The molecule has 1 aliphatic rings. The fraction of sp³-hybridized carbons (Fsp3) is 0.350. The lowest BCUT2D eigenvalue weighted by molar-refractivity contribution is -0.127. The summed E-state index contributed by atoms with van der Waals surface area (Å²) < 4.78 is 1.80. The molecule has 0 bridgehead atoms. The lowest BCUT2D eigenvalue weighted by atomic mass is 9.79. The van der Waals surface area contributed by atoms with Gasteiger partial charge in [-0.2, -0.15) is 0 Å². The third kappa shape index (κ3) is 3.32. The molecule has 6 nitrogen and oxygen atoms in total. The molecule has 1 aromatic carbocycles. The zero-order valence-corrected chi connectivity index (χ0v) is 14.9. The molecule has 0 atom stereocenters. The van der Waals surface area contributed by atoms with Gasteiger partial charge in [0.25, 0.3) is 0 Å². The maximum atomic E-state index is 12.9. The van der Waals surface area contributed by atoms with Crippen molar-refractivity contribution in [3.05, 3.63) is 60.3 Å². The second kappa shape index (κ2) is 6.88. The zero-order chi connectivity index (χ0) is 18.0. The number of hydrogen-bond donors (Lipinski definition) is 1. The van der Waals surface area contributed by atoms with E-state index in [-0.39, 0.29) is 11.3 Å². The van der Waals surface area contributed by atoms with Crippen molar-refractivity contribution in [1.82, 2.24) is 19.5 Å². The second-order valence-corrected chi connectivity index (χ2v) is 7.23. The summed E-state index contributed by atoms with van der Waals surface area (Å²) in [5.74, 6) is 0.508. The highest BCUT2D eigenvalue weighted by Gasteiger charge is 2.37. The lowest BCUT2D eigenvalue weighted by Gasteiger charge is -2.38. The van der Waals surface area contributed by atoms with Crippen LogP contribution in [0.3, 0.4) is 0 Å². The van der Waals surface area contributed by atoms with E-state index in [9.17, 15) is 4.79 Å². The van der Waals surface area contributed by atoms with Gasteiger partial charge in [-0.3, -0.25) is 19.4 Å². The summed E-state index contributed by atoms with van der Waals surface area (Å²) in [7, 11) is 0. The summed E-state index contributed by atoms with van der Waals surface area (Å²) in [4.78, 5) is 15.3. The molecule has 1 saturated heterocycles. The van der Waals surface area contributed by atoms with Gasteiger partial charge < -0.3 is 0 Å². The number of rotatable bonds is 4. The number of nitrogens with one attached hydrogen (secondary N) is 1. The molecule has 134 valence electrons. The Hall–Kier alpha value is -2.73. The third-order valence-electron chi connectivity index (χ3n) is 5.30. The van der Waals surface area contributed by atoms with Crippen molar-refractivity contribution in [2.24, 2.45) is 5.41 Å². The average Bonchev–Trinajstić information content (AvgIpc) is 3.08. The zero-order valence-electron chi connectivity index (χ0n) is 14.9. The van der Waals surface area contributed by atoms with Gasteiger partial charge in [-0.1, -0.05) is 43.3 Å². The maximum absolute atomic E-state index is 12.9. The topological polar surface area (TPSA) is 62.5 Å². The predicted octanol–water partition coefficient (Wildman–Crippen LogP) is 2.97. The van der Waals surface area contributed by atoms with Crippen LogP contribution in [0.15, 0.2) is 54.7 Å². The Morgan fingerprint density at radius 2 is 1.81 bits per heavy atom. The molecule has 26 heavy (non-hydrogen) atoms. The summed E-state index contributed by atoms with van der Waals surface area (Å²) in [6, 6.07) is 16.1. The Morgan fingerprint density at radius 3 is 2.58 bits per heavy atom. The Kier molecular flexibility index (Phi) is 4.42. The van der Waals surface area contributed by atoms with E-state index in [0.717, 1.165) is 38.1 Å². The largest absolute Gasteiger partial charge is 0.299 e. The van der Waals surface area contributed by atoms with Crippen molar-refractivity contribution in [3.8, 4) is 0 Å². The van der Waals surface area contributed by atoms with E-state index in [0.29, 0.717) is 5.95 Å². The van der Waals surface area contributed by atoms with Gasteiger partial charge in [0, 0.05) is 18.2 Å². The molecule has 2 aromatic heterocycles. The highest BCUT2D eigenvalue weighted by atomic mass is 16.2. The molecule has 0 saturated carbocycles. The number of pyridine rings is 1. The van der Waals surface area contributed by atoms with E-state index in [1.807, 2.05) is 37.4 Å². The minimum Gasteiger partial charge on any atom is -0.299 e. The molecular formula is C20H23N5O. The van der Waals surface area contributed by atoms with Gasteiger partial charge >= 0.3 is 0 Å². The van der Waals surface area contributed by atoms with E-state index in [4.69, 9.17) is 0 Å². The number of fused-ring (bicyclic) bond motifs is 1. The van der Waals surface area contributed by atoms with E-state index >= 15 is 0 Å². The Bertz CT molecular complexity index is 897. The average molecular weight is 349 g/mol. The van der Waals surface area contributed by atoms with Crippen LogP contribution in [0.1, 0.15) is 25.3 Å². The second-order valence-electron chi connectivity index (χ2n) is 7.23. The van der Waals surface area contributed by atoms with Crippen LogP contribution < -0.4 is 5.32 Å². The van der Waals surface area contributed by atoms with Crippen LogP contribution in [0, 0.1) is 5.41 Å². The number of carbonyl (C=O) groups is 1. The molecule has 0 aliphatic carbocycles. The van der Waals surface area contributed by atoms with Crippen LogP contribution in [-0.2, 0) is 11.3 Å². The smallest absolute Gasteiger partial charge is 0.235 e.